The van der Waals surface area contributed by atoms with Gasteiger partial charge in [0.25, 0.3) is 0 Å². The van der Waals surface area contributed by atoms with E-state index >= 15 is 0 Å². The van der Waals surface area contributed by atoms with Crippen LogP contribution in [-0.4, -0.2) is 16.7 Å². The second kappa shape index (κ2) is 10.3. The highest BCUT2D eigenvalue weighted by Crippen LogP contribution is 2.29. The van der Waals surface area contributed by atoms with Crippen molar-refractivity contribution in [1.82, 2.24) is 0 Å². The fourth-order valence-electron chi connectivity index (χ4n) is 1.61. The van der Waals surface area contributed by atoms with Gasteiger partial charge in [0.15, 0.2) is 10.9 Å². The Morgan fingerprint density at radius 3 is 2.76 bits per heavy atom. The number of benzene rings is 1. The zero-order valence-electron chi connectivity index (χ0n) is 11.8. The molecule has 3 N–H and O–H groups in total. The molecule has 0 amide bonds. The zero-order valence-corrected chi connectivity index (χ0v) is 13.4. The first-order valence-corrected chi connectivity index (χ1v) is 7.40. The first-order valence-electron chi connectivity index (χ1n) is 6.41. The lowest BCUT2D eigenvalue weighted by atomic mass is 10.2. The summed E-state index contributed by atoms with van der Waals surface area (Å²) in [7, 11) is 0. The third kappa shape index (κ3) is 7.19. The minimum Gasteiger partial charge on any atom is -1.00 e. The first-order chi connectivity index (χ1) is 9.54. The summed E-state index contributed by atoms with van der Waals surface area (Å²) in [6, 6.07) is 4.85. The first kappa shape index (κ1) is 19.5. The van der Waals surface area contributed by atoms with E-state index in [1.165, 1.54) is 6.07 Å². The summed E-state index contributed by atoms with van der Waals surface area (Å²) in [5.41, 5.74) is 5.96. The van der Waals surface area contributed by atoms with E-state index in [1.807, 2.05) is 0 Å². The largest absolute Gasteiger partial charge is 1.00 e. The Morgan fingerprint density at radius 1 is 1.48 bits per heavy atom. The van der Waals surface area contributed by atoms with Gasteiger partial charge in [0, 0.05) is 11.8 Å². The third-order valence-electron chi connectivity index (χ3n) is 2.62. The van der Waals surface area contributed by atoms with Crippen molar-refractivity contribution in [3.05, 3.63) is 33.9 Å². The number of halogens is 1. The maximum Gasteiger partial charge on any atom is 0.311 e. The SMILES string of the molecule is CCCCCOc1ccc(CSC(=N)N)cc1[N+](=O)[O-].[Cl-]. The molecule has 118 valence electrons. The molecule has 6 nitrogen and oxygen atoms in total. The topological polar surface area (TPSA) is 102 Å². The van der Waals surface area contributed by atoms with Gasteiger partial charge in [0.1, 0.15) is 0 Å². The van der Waals surface area contributed by atoms with E-state index < -0.39 is 4.92 Å². The van der Waals surface area contributed by atoms with Crippen molar-refractivity contribution in [2.75, 3.05) is 6.61 Å². The average molecular weight is 333 g/mol. The lowest BCUT2D eigenvalue weighted by molar-refractivity contribution is -0.385. The monoisotopic (exact) mass is 332 g/mol. The molecule has 0 bridgehead atoms. The molecule has 0 aromatic heterocycles. The summed E-state index contributed by atoms with van der Waals surface area (Å²) < 4.78 is 5.47. The van der Waals surface area contributed by atoms with Gasteiger partial charge in [-0.05, 0) is 18.1 Å². The molecule has 1 rings (SSSR count). The van der Waals surface area contributed by atoms with Crippen LogP contribution in [0.1, 0.15) is 31.7 Å². The Balaban J connectivity index is 0.00000400. The van der Waals surface area contributed by atoms with Gasteiger partial charge >= 0.3 is 5.69 Å². The zero-order chi connectivity index (χ0) is 15.0. The number of ether oxygens (including phenoxy) is 1. The van der Waals surface area contributed by atoms with Crippen LogP contribution >= 0.6 is 11.8 Å². The van der Waals surface area contributed by atoms with Crippen molar-refractivity contribution in [3.8, 4) is 5.75 Å². The van der Waals surface area contributed by atoms with E-state index in [0.717, 1.165) is 36.6 Å². The molecule has 21 heavy (non-hydrogen) atoms. The van der Waals surface area contributed by atoms with Gasteiger partial charge in [-0.2, -0.15) is 0 Å². The van der Waals surface area contributed by atoms with Crippen LogP contribution in [0.15, 0.2) is 18.2 Å². The number of nitrogens with one attached hydrogen (secondary N) is 1. The van der Waals surface area contributed by atoms with Crippen molar-refractivity contribution in [2.24, 2.45) is 5.73 Å². The quantitative estimate of drug-likeness (QED) is 0.234. The number of unbranched alkanes of at least 4 members (excludes halogenated alkanes) is 2. The predicted molar refractivity (Wildman–Crippen MR) is 81.3 cm³/mol. The van der Waals surface area contributed by atoms with E-state index in [9.17, 15) is 10.1 Å². The van der Waals surface area contributed by atoms with Gasteiger partial charge in [-0.1, -0.05) is 37.6 Å². The van der Waals surface area contributed by atoms with Crippen molar-refractivity contribution >= 4 is 22.6 Å². The predicted octanol–water partition coefficient (Wildman–Crippen LogP) is 0.294. The summed E-state index contributed by atoms with van der Waals surface area (Å²) in [5, 5.41) is 18.2. The van der Waals surface area contributed by atoms with Gasteiger partial charge in [0.05, 0.1) is 11.5 Å². The molecule has 1 aromatic carbocycles. The van der Waals surface area contributed by atoms with Crippen LogP contribution in [0.25, 0.3) is 0 Å². The standard InChI is InChI=1S/C13H19N3O3S.ClH/c1-2-3-4-7-19-12-6-5-10(9-20-13(14)15)8-11(12)16(17)18;/h5-6,8H,2-4,7,9H2,1H3,(H3,14,15);1H/p-1. The number of nitro benzene ring substituents is 1. The maximum absolute atomic E-state index is 11.1. The molecule has 0 heterocycles. The Kier molecular flexibility index (Phi) is 9.56. The summed E-state index contributed by atoms with van der Waals surface area (Å²) in [6.07, 6.45) is 3.00. The Bertz CT molecular complexity index is 486. The lowest BCUT2D eigenvalue weighted by Crippen LogP contribution is -3.00. The van der Waals surface area contributed by atoms with E-state index in [2.05, 4.69) is 6.92 Å². The molecule has 8 heteroatoms. The van der Waals surface area contributed by atoms with Gasteiger partial charge in [-0.25, -0.2) is 0 Å². The van der Waals surface area contributed by atoms with Crippen LogP contribution in [0, 0.1) is 15.5 Å². The molecule has 0 unspecified atom stereocenters. The van der Waals surface area contributed by atoms with Crippen LogP contribution in [0.3, 0.4) is 0 Å². The fraction of sp³-hybridized carbons (Fsp3) is 0.462. The molecular weight excluding hydrogens is 314 g/mol. The van der Waals surface area contributed by atoms with Crippen LogP contribution in [0.4, 0.5) is 5.69 Å². The average Bonchev–Trinajstić information content (AvgIpc) is 2.41. The Hall–Kier alpha value is -1.47. The van der Waals surface area contributed by atoms with Gasteiger partial charge < -0.3 is 22.9 Å². The highest BCUT2D eigenvalue weighted by molar-refractivity contribution is 8.13. The molecule has 0 aliphatic rings. The van der Waals surface area contributed by atoms with Crippen molar-refractivity contribution in [1.29, 1.82) is 5.41 Å². The molecule has 0 fully saturated rings. The number of hydrogen-bond donors (Lipinski definition) is 2. The molecule has 1 aromatic rings. The molecular formula is C13H19ClN3O3S-. The summed E-state index contributed by atoms with van der Waals surface area (Å²) in [5.74, 6) is 0.731. The second-order valence-corrected chi connectivity index (χ2v) is 5.28. The minimum atomic E-state index is -0.447. The highest BCUT2D eigenvalue weighted by Gasteiger charge is 2.16. The number of amidine groups is 1. The van der Waals surface area contributed by atoms with E-state index in [1.54, 1.807) is 12.1 Å². The molecule has 0 atom stereocenters. The Labute approximate surface area is 134 Å². The van der Waals surface area contributed by atoms with Crippen LogP contribution < -0.4 is 22.9 Å². The summed E-state index contributed by atoms with van der Waals surface area (Å²) in [6.45, 7) is 2.57. The van der Waals surface area contributed by atoms with Gasteiger partial charge in [-0.15, -0.1) is 0 Å². The van der Waals surface area contributed by atoms with Gasteiger partial charge in [0.2, 0.25) is 0 Å². The minimum absolute atomic E-state index is 0. The van der Waals surface area contributed by atoms with E-state index in [-0.39, 0.29) is 23.3 Å². The van der Waals surface area contributed by atoms with Crippen LogP contribution in [-0.2, 0) is 5.75 Å². The molecule has 0 spiro atoms. The summed E-state index contributed by atoms with van der Waals surface area (Å²) >= 11 is 1.13. The fourth-order valence-corrected chi connectivity index (χ4v) is 2.11. The molecule has 0 saturated heterocycles. The second-order valence-electron chi connectivity index (χ2n) is 4.27. The smallest absolute Gasteiger partial charge is 0.311 e. The normalized spacial score (nSPS) is 9.76. The maximum atomic E-state index is 11.1. The number of nitro groups is 1. The molecule has 0 aliphatic heterocycles. The van der Waals surface area contributed by atoms with Crippen molar-refractivity contribution in [2.45, 2.75) is 31.9 Å². The third-order valence-corrected chi connectivity index (χ3v) is 3.41. The van der Waals surface area contributed by atoms with Crippen LogP contribution in [0.5, 0.6) is 5.75 Å². The molecule has 0 aliphatic carbocycles. The van der Waals surface area contributed by atoms with Gasteiger partial charge in [-0.3, -0.25) is 15.5 Å². The molecule has 0 saturated carbocycles. The number of nitrogens with two attached hydrogens (primary N) is 1. The van der Waals surface area contributed by atoms with E-state index in [4.69, 9.17) is 15.9 Å². The number of hydrogen-bond acceptors (Lipinski definition) is 5. The van der Waals surface area contributed by atoms with E-state index in [0.29, 0.717) is 18.1 Å². The number of thioether (sulfide) groups is 1. The van der Waals surface area contributed by atoms with Crippen molar-refractivity contribution < 1.29 is 22.1 Å². The van der Waals surface area contributed by atoms with Crippen LogP contribution in [0.2, 0.25) is 0 Å². The van der Waals surface area contributed by atoms with Crippen molar-refractivity contribution in [3.63, 3.8) is 0 Å². The lowest BCUT2D eigenvalue weighted by Gasteiger charge is -2.08. The number of rotatable bonds is 8. The molecule has 0 radical (unpaired) electrons. The highest BCUT2D eigenvalue weighted by atomic mass is 35.5. The Morgan fingerprint density at radius 2 is 2.19 bits per heavy atom. The number of nitrogens with zero attached hydrogens (tertiary/aromatic N) is 1. The summed E-state index contributed by atoms with van der Waals surface area (Å²) in [4.78, 5) is 10.6.